The van der Waals surface area contributed by atoms with Crippen LogP contribution in [0.5, 0.6) is 0 Å². The summed E-state index contributed by atoms with van der Waals surface area (Å²) in [6.07, 6.45) is 0. The van der Waals surface area contributed by atoms with Crippen LogP contribution in [0.3, 0.4) is 0 Å². The van der Waals surface area contributed by atoms with Crippen molar-refractivity contribution >= 4 is 28.6 Å². The molecule has 2 rings (SSSR count). The molecule has 0 N–H and O–H groups in total. The summed E-state index contributed by atoms with van der Waals surface area (Å²) in [7, 11) is 1.36. The van der Waals surface area contributed by atoms with Gasteiger partial charge in [-0.05, 0) is 19.9 Å². The molecule has 0 aliphatic heterocycles. The lowest BCUT2D eigenvalue weighted by Crippen LogP contribution is -2.00. The number of esters is 1. The fraction of sp³-hybridized carbons (Fsp3) is 0.273. The average Bonchev–Trinajstić information content (AvgIpc) is 2.83. The van der Waals surface area contributed by atoms with Gasteiger partial charge in [-0.15, -0.1) is 22.7 Å². The summed E-state index contributed by atoms with van der Waals surface area (Å²) in [6, 6.07) is 2.10. The lowest BCUT2D eigenvalue weighted by Gasteiger charge is -1.93. The van der Waals surface area contributed by atoms with Crippen molar-refractivity contribution in [3.05, 3.63) is 26.9 Å². The van der Waals surface area contributed by atoms with Crippen LogP contribution >= 0.6 is 22.7 Å². The molecule has 3 nitrogen and oxygen atoms in total. The maximum atomic E-state index is 11.3. The number of thiophene rings is 1. The van der Waals surface area contributed by atoms with Gasteiger partial charge in [0.15, 0.2) is 5.69 Å². The maximum Gasteiger partial charge on any atom is 0.357 e. The summed E-state index contributed by atoms with van der Waals surface area (Å²) in [5.74, 6) is -0.382. The third-order valence-electron chi connectivity index (χ3n) is 2.17. The van der Waals surface area contributed by atoms with Crippen LogP contribution in [0.4, 0.5) is 0 Å². The first-order valence-electron chi connectivity index (χ1n) is 4.73. The molecule has 0 aliphatic rings. The molecule has 0 aromatic carbocycles. The Labute approximate surface area is 102 Å². The first-order valence-corrected chi connectivity index (χ1v) is 6.42. The molecule has 0 unspecified atom stereocenters. The largest absolute Gasteiger partial charge is 0.464 e. The number of aromatic nitrogens is 1. The minimum Gasteiger partial charge on any atom is -0.464 e. The van der Waals surface area contributed by atoms with Gasteiger partial charge in [0, 0.05) is 20.7 Å². The number of hydrogen-bond donors (Lipinski definition) is 0. The molecule has 2 aromatic rings. The van der Waals surface area contributed by atoms with Gasteiger partial charge in [0.1, 0.15) is 5.01 Å². The van der Waals surface area contributed by atoms with Crippen LogP contribution in [-0.4, -0.2) is 18.1 Å². The second-order valence-electron chi connectivity index (χ2n) is 3.36. The van der Waals surface area contributed by atoms with Crippen molar-refractivity contribution in [1.82, 2.24) is 4.98 Å². The standard InChI is InChI=1S/C11H11NO2S2/c1-6-4-8(7(2)16-6)10-12-9(5-15-10)11(13)14-3/h4-5H,1-3H3. The van der Waals surface area contributed by atoms with E-state index >= 15 is 0 Å². The molecule has 0 atom stereocenters. The predicted molar refractivity (Wildman–Crippen MR) is 66.2 cm³/mol. The molecule has 5 heteroatoms. The van der Waals surface area contributed by atoms with Crippen LogP contribution in [-0.2, 0) is 4.74 Å². The maximum absolute atomic E-state index is 11.3. The van der Waals surface area contributed by atoms with E-state index in [2.05, 4.69) is 29.6 Å². The highest BCUT2D eigenvalue weighted by molar-refractivity contribution is 7.15. The number of thiazole rings is 1. The Morgan fingerprint density at radius 1 is 1.44 bits per heavy atom. The van der Waals surface area contributed by atoms with Crippen molar-refractivity contribution in [2.45, 2.75) is 13.8 Å². The molecule has 0 saturated heterocycles. The van der Waals surface area contributed by atoms with Crippen LogP contribution in [0.2, 0.25) is 0 Å². The fourth-order valence-corrected chi connectivity index (χ4v) is 3.29. The lowest BCUT2D eigenvalue weighted by molar-refractivity contribution is 0.0595. The molecule has 2 aromatic heterocycles. The van der Waals surface area contributed by atoms with E-state index in [1.54, 1.807) is 16.7 Å². The lowest BCUT2D eigenvalue weighted by atomic mass is 10.2. The molecule has 16 heavy (non-hydrogen) atoms. The Morgan fingerprint density at radius 2 is 2.19 bits per heavy atom. The highest BCUT2D eigenvalue weighted by atomic mass is 32.1. The van der Waals surface area contributed by atoms with Crippen molar-refractivity contribution in [1.29, 1.82) is 0 Å². The highest BCUT2D eigenvalue weighted by Crippen LogP contribution is 2.32. The zero-order chi connectivity index (χ0) is 11.7. The van der Waals surface area contributed by atoms with Crippen LogP contribution in [0.1, 0.15) is 20.2 Å². The first-order chi connectivity index (χ1) is 7.61. The number of rotatable bonds is 2. The second-order valence-corrected chi connectivity index (χ2v) is 5.67. The van der Waals surface area contributed by atoms with Crippen LogP contribution in [0.25, 0.3) is 10.6 Å². The summed E-state index contributed by atoms with van der Waals surface area (Å²) in [5, 5.41) is 2.61. The van der Waals surface area contributed by atoms with Gasteiger partial charge in [-0.3, -0.25) is 0 Å². The van der Waals surface area contributed by atoms with Crippen molar-refractivity contribution in [3.63, 3.8) is 0 Å². The van der Waals surface area contributed by atoms with Crippen LogP contribution in [0, 0.1) is 13.8 Å². The molecule has 0 aliphatic carbocycles. The average molecular weight is 253 g/mol. The van der Waals surface area contributed by atoms with Gasteiger partial charge in [-0.1, -0.05) is 0 Å². The minimum atomic E-state index is -0.382. The number of methoxy groups -OCH3 is 1. The molecule has 0 spiro atoms. The SMILES string of the molecule is COC(=O)c1csc(-c2cc(C)sc2C)n1. The summed E-state index contributed by atoms with van der Waals surface area (Å²) in [5.41, 5.74) is 1.49. The normalized spacial score (nSPS) is 10.4. The summed E-state index contributed by atoms with van der Waals surface area (Å²) in [6.45, 7) is 4.13. The van der Waals surface area contributed by atoms with E-state index < -0.39 is 0 Å². The van der Waals surface area contributed by atoms with E-state index in [1.807, 2.05) is 0 Å². The number of nitrogens with zero attached hydrogens (tertiary/aromatic N) is 1. The van der Waals surface area contributed by atoms with Crippen LogP contribution < -0.4 is 0 Å². The van der Waals surface area contributed by atoms with Gasteiger partial charge < -0.3 is 4.74 Å². The molecule has 0 radical (unpaired) electrons. The number of carbonyl (C=O) groups excluding carboxylic acids is 1. The monoisotopic (exact) mass is 253 g/mol. The van der Waals surface area contributed by atoms with Crippen molar-refractivity contribution in [2.75, 3.05) is 7.11 Å². The summed E-state index contributed by atoms with van der Waals surface area (Å²) >= 11 is 3.21. The van der Waals surface area contributed by atoms with E-state index in [0.29, 0.717) is 5.69 Å². The molecule has 2 heterocycles. The topological polar surface area (TPSA) is 39.2 Å². The van der Waals surface area contributed by atoms with Gasteiger partial charge in [-0.2, -0.15) is 0 Å². The highest BCUT2D eigenvalue weighted by Gasteiger charge is 2.14. The second kappa shape index (κ2) is 4.35. The van der Waals surface area contributed by atoms with Crippen molar-refractivity contribution < 1.29 is 9.53 Å². The van der Waals surface area contributed by atoms with Gasteiger partial charge in [0.2, 0.25) is 0 Å². The van der Waals surface area contributed by atoms with E-state index in [9.17, 15) is 4.79 Å². The van der Waals surface area contributed by atoms with E-state index in [1.165, 1.54) is 28.2 Å². The summed E-state index contributed by atoms with van der Waals surface area (Å²) in [4.78, 5) is 18.0. The summed E-state index contributed by atoms with van der Waals surface area (Å²) < 4.78 is 4.63. The van der Waals surface area contributed by atoms with E-state index in [-0.39, 0.29) is 5.97 Å². The molecule has 0 bridgehead atoms. The van der Waals surface area contributed by atoms with Gasteiger partial charge in [-0.25, -0.2) is 9.78 Å². The number of ether oxygens (including phenoxy) is 1. The Kier molecular flexibility index (Phi) is 3.07. The molecule has 84 valence electrons. The number of aryl methyl sites for hydroxylation is 2. The number of hydrogen-bond acceptors (Lipinski definition) is 5. The van der Waals surface area contributed by atoms with Gasteiger partial charge >= 0.3 is 5.97 Å². The first kappa shape index (κ1) is 11.3. The smallest absolute Gasteiger partial charge is 0.357 e. The van der Waals surface area contributed by atoms with Crippen LogP contribution in [0.15, 0.2) is 11.4 Å². The van der Waals surface area contributed by atoms with Gasteiger partial charge in [0.05, 0.1) is 7.11 Å². The Bertz CT molecular complexity index is 528. The van der Waals surface area contributed by atoms with E-state index in [4.69, 9.17) is 0 Å². The molecular formula is C11H11NO2S2. The fourth-order valence-electron chi connectivity index (χ4n) is 1.44. The Hall–Kier alpha value is -1.20. The zero-order valence-electron chi connectivity index (χ0n) is 9.23. The zero-order valence-corrected chi connectivity index (χ0v) is 10.9. The van der Waals surface area contributed by atoms with Crippen molar-refractivity contribution in [3.8, 4) is 10.6 Å². The Balaban J connectivity index is 2.38. The molecule has 0 amide bonds. The quantitative estimate of drug-likeness (QED) is 0.771. The third kappa shape index (κ3) is 2.01. The predicted octanol–water partition coefficient (Wildman–Crippen LogP) is 3.28. The molecule has 0 fully saturated rings. The molecule has 0 saturated carbocycles. The Morgan fingerprint density at radius 3 is 2.75 bits per heavy atom. The van der Waals surface area contributed by atoms with Gasteiger partial charge in [0.25, 0.3) is 0 Å². The number of carbonyl (C=O) groups is 1. The molecular weight excluding hydrogens is 242 g/mol. The third-order valence-corrected chi connectivity index (χ3v) is 4.01. The van der Waals surface area contributed by atoms with Crippen molar-refractivity contribution in [2.24, 2.45) is 0 Å². The van der Waals surface area contributed by atoms with E-state index in [0.717, 1.165) is 10.6 Å². The minimum absolute atomic E-state index is 0.380.